The summed E-state index contributed by atoms with van der Waals surface area (Å²) in [5.41, 5.74) is -0.115. The van der Waals surface area contributed by atoms with Crippen molar-refractivity contribution in [2.45, 2.75) is 63.6 Å². The van der Waals surface area contributed by atoms with E-state index in [2.05, 4.69) is 29.0 Å². The van der Waals surface area contributed by atoms with Crippen molar-refractivity contribution in [1.82, 2.24) is 15.1 Å². The van der Waals surface area contributed by atoms with Crippen LogP contribution >= 0.6 is 0 Å². The summed E-state index contributed by atoms with van der Waals surface area (Å²) in [6, 6.07) is 1.48. The van der Waals surface area contributed by atoms with E-state index in [4.69, 9.17) is 0 Å². The number of nitrogens with zero attached hydrogens (tertiary/aromatic N) is 2. The molecule has 4 heteroatoms. The lowest BCUT2D eigenvalue weighted by molar-refractivity contribution is 0.0132. The number of hydrogen-bond donors (Lipinski definition) is 2. The van der Waals surface area contributed by atoms with Crippen molar-refractivity contribution < 1.29 is 5.11 Å². The molecule has 2 aliphatic heterocycles. The topological polar surface area (TPSA) is 38.7 Å². The Morgan fingerprint density at radius 2 is 2.10 bits per heavy atom. The Hall–Kier alpha value is -0.160. The average Bonchev–Trinajstić information content (AvgIpc) is 2.47. The molecule has 2 saturated heterocycles. The summed E-state index contributed by atoms with van der Waals surface area (Å²) in [4.78, 5) is 5.37. The fourth-order valence-electron chi connectivity index (χ4n) is 3.68. The molecule has 0 bridgehead atoms. The van der Waals surface area contributed by atoms with Crippen LogP contribution in [0.5, 0.6) is 0 Å². The molecule has 0 radical (unpaired) electrons. The second-order valence-corrected chi connectivity index (χ2v) is 7.06. The van der Waals surface area contributed by atoms with Crippen molar-refractivity contribution in [3.8, 4) is 0 Å². The highest BCUT2D eigenvalue weighted by Gasteiger charge is 2.32. The lowest BCUT2D eigenvalue weighted by Gasteiger charge is -2.47. The molecular formula is C16H33N3O. The first-order chi connectivity index (χ1) is 9.58. The predicted octanol–water partition coefficient (Wildman–Crippen LogP) is 1.30. The van der Waals surface area contributed by atoms with Gasteiger partial charge in [-0.05, 0) is 59.7 Å². The summed E-state index contributed by atoms with van der Waals surface area (Å²) in [5, 5.41) is 12.7. The van der Waals surface area contributed by atoms with Gasteiger partial charge in [0.15, 0.2) is 0 Å². The molecule has 118 valence electrons. The van der Waals surface area contributed by atoms with Crippen LogP contribution in [0, 0.1) is 0 Å². The first-order valence-corrected chi connectivity index (χ1v) is 8.36. The van der Waals surface area contributed by atoms with E-state index < -0.39 is 0 Å². The van der Waals surface area contributed by atoms with Crippen molar-refractivity contribution >= 4 is 0 Å². The molecule has 0 spiro atoms. The molecule has 2 heterocycles. The highest BCUT2D eigenvalue weighted by molar-refractivity contribution is 4.89. The normalized spacial score (nSPS) is 31.8. The number of aliphatic hydroxyl groups excluding tert-OH is 1. The summed E-state index contributed by atoms with van der Waals surface area (Å²) >= 11 is 0. The Morgan fingerprint density at radius 1 is 1.30 bits per heavy atom. The maximum Gasteiger partial charge on any atom is 0.0610 e. The van der Waals surface area contributed by atoms with E-state index in [-0.39, 0.29) is 12.1 Å². The molecule has 0 aliphatic carbocycles. The van der Waals surface area contributed by atoms with E-state index in [0.717, 1.165) is 18.9 Å². The van der Waals surface area contributed by atoms with Gasteiger partial charge in [-0.3, -0.25) is 9.80 Å². The number of aliphatic hydroxyl groups is 1. The Labute approximate surface area is 124 Å². The summed E-state index contributed by atoms with van der Waals surface area (Å²) in [6.07, 6.45) is 6.38. The maximum absolute atomic E-state index is 9.45. The zero-order chi connectivity index (χ0) is 14.6. The molecule has 2 rings (SSSR count). The summed E-state index contributed by atoms with van der Waals surface area (Å²) in [5.74, 6) is 0. The van der Waals surface area contributed by atoms with Gasteiger partial charge in [-0.2, -0.15) is 0 Å². The lowest BCUT2D eigenvalue weighted by atomic mass is 9.95. The molecule has 2 fully saturated rings. The van der Waals surface area contributed by atoms with Crippen LogP contribution in [0.25, 0.3) is 0 Å². The largest absolute Gasteiger partial charge is 0.394 e. The Kier molecular flexibility index (Phi) is 5.84. The number of nitrogens with one attached hydrogen (secondary N) is 1. The fourth-order valence-corrected chi connectivity index (χ4v) is 3.68. The van der Waals surface area contributed by atoms with Gasteiger partial charge in [-0.15, -0.1) is 0 Å². The van der Waals surface area contributed by atoms with E-state index >= 15 is 0 Å². The number of piperazine rings is 1. The second-order valence-electron chi connectivity index (χ2n) is 7.06. The Bertz CT molecular complexity index is 293. The van der Waals surface area contributed by atoms with Gasteiger partial charge in [0, 0.05) is 30.7 Å². The molecule has 2 aliphatic rings. The Morgan fingerprint density at radius 3 is 2.80 bits per heavy atom. The number of rotatable bonds is 6. The summed E-state index contributed by atoms with van der Waals surface area (Å²) < 4.78 is 0. The van der Waals surface area contributed by atoms with Crippen LogP contribution in [0.2, 0.25) is 0 Å². The quantitative estimate of drug-likeness (QED) is 0.771. The molecule has 0 aromatic carbocycles. The molecule has 3 atom stereocenters. The fraction of sp³-hybridized carbons (Fsp3) is 1.00. The molecule has 0 amide bonds. The first kappa shape index (κ1) is 16.2. The maximum atomic E-state index is 9.45. The van der Waals surface area contributed by atoms with Crippen molar-refractivity contribution in [1.29, 1.82) is 0 Å². The number of likely N-dealkylation sites (N-methyl/N-ethyl adjacent to an activating group) is 1. The smallest absolute Gasteiger partial charge is 0.0610 e. The van der Waals surface area contributed by atoms with Crippen LogP contribution < -0.4 is 5.32 Å². The predicted molar refractivity (Wildman–Crippen MR) is 84.0 cm³/mol. The van der Waals surface area contributed by atoms with Gasteiger partial charge >= 0.3 is 0 Å². The lowest BCUT2D eigenvalue weighted by Crippen LogP contribution is -2.58. The van der Waals surface area contributed by atoms with Crippen LogP contribution in [0.15, 0.2) is 0 Å². The van der Waals surface area contributed by atoms with E-state index in [1.54, 1.807) is 0 Å². The summed E-state index contributed by atoms with van der Waals surface area (Å²) in [7, 11) is 1.94. The molecule has 4 nitrogen and oxygen atoms in total. The third-order valence-corrected chi connectivity index (χ3v) is 5.44. The van der Waals surface area contributed by atoms with Gasteiger partial charge in [0.2, 0.25) is 0 Å². The van der Waals surface area contributed by atoms with Crippen molar-refractivity contribution in [2.75, 3.05) is 39.8 Å². The van der Waals surface area contributed by atoms with Crippen molar-refractivity contribution in [3.63, 3.8) is 0 Å². The molecule has 3 unspecified atom stereocenters. The van der Waals surface area contributed by atoms with Gasteiger partial charge < -0.3 is 10.4 Å². The minimum Gasteiger partial charge on any atom is -0.394 e. The van der Waals surface area contributed by atoms with E-state index in [1.807, 2.05) is 7.05 Å². The molecule has 0 aromatic rings. The van der Waals surface area contributed by atoms with Gasteiger partial charge in [0.25, 0.3) is 0 Å². The van der Waals surface area contributed by atoms with Crippen LogP contribution in [0.1, 0.15) is 46.0 Å². The third kappa shape index (κ3) is 3.94. The minimum atomic E-state index is -0.115. The van der Waals surface area contributed by atoms with Crippen LogP contribution in [0.3, 0.4) is 0 Å². The monoisotopic (exact) mass is 283 g/mol. The minimum absolute atomic E-state index is 0.115. The van der Waals surface area contributed by atoms with E-state index in [1.165, 1.54) is 45.4 Å². The van der Waals surface area contributed by atoms with Crippen LogP contribution in [0.4, 0.5) is 0 Å². The first-order valence-electron chi connectivity index (χ1n) is 8.36. The number of piperidine rings is 1. The standard InChI is InChI=1S/C16H33N3O/c1-14-11-19-9-5-4-7-15(19)12-18(14)10-6-8-16(2,13-20)17-3/h14-15,17,20H,4-13H2,1-3H3. The zero-order valence-corrected chi connectivity index (χ0v) is 13.6. The number of fused-ring (bicyclic) bond motifs is 1. The van der Waals surface area contributed by atoms with Crippen molar-refractivity contribution in [3.05, 3.63) is 0 Å². The number of hydrogen-bond acceptors (Lipinski definition) is 4. The average molecular weight is 283 g/mol. The molecule has 0 aromatic heterocycles. The summed E-state index contributed by atoms with van der Waals surface area (Å²) in [6.45, 7) is 9.66. The SMILES string of the molecule is CNC(C)(CO)CCCN1CC2CCCCN2CC1C. The van der Waals surface area contributed by atoms with Crippen LogP contribution in [-0.4, -0.2) is 72.4 Å². The zero-order valence-electron chi connectivity index (χ0n) is 13.6. The van der Waals surface area contributed by atoms with Crippen LogP contribution in [-0.2, 0) is 0 Å². The van der Waals surface area contributed by atoms with E-state index in [9.17, 15) is 5.11 Å². The second kappa shape index (κ2) is 7.21. The highest BCUT2D eigenvalue weighted by Crippen LogP contribution is 2.24. The molecular weight excluding hydrogens is 250 g/mol. The molecule has 0 saturated carbocycles. The van der Waals surface area contributed by atoms with Gasteiger partial charge in [-0.25, -0.2) is 0 Å². The van der Waals surface area contributed by atoms with Gasteiger partial charge in [0.1, 0.15) is 0 Å². The van der Waals surface area contributed by atoms with Crippen molar-refractivity contribution in [2.24, 2.45) is 0 Å². The highest BCUT2D eigenvalue weighted by atomic mass is 16.3. The third-order valence-electron chi connectivity index (χ3n) is 5.44. The van der Waals surface area contributed by atoms with Gasteiger partial charge in [-0.1, -0.05) is 6.42 Å². The molecule has 2 N–H and O–H groups in total. The molecule has 20 heavy (non-hydrogen) atoms. The Balaban J connectivity index is 1.78. The van der Waals surface area contributed by atoms with Gasteiger partial charge in [0.05, 0.1) is 6.61 Å². The van der Waals surface area contributed by atoms with E-state index in [0.29, 0.717) is 6.04 Å².